The van der Waals surface area contributed by atoms with Crippen LogP contribution in [0.15, 0.2) is 244 Å². The zero-order valence-corrected chi connectivity index (χ0v) is 84.8. The number of Topliss-reactive ketones (excluding diaryl/α,β-unsaturated/α-hetero) is 2. The molecule has 10 fully saturated rings. The number of piperidine rings is 5. The van der Waals surface area contributed by atoms with E-state index in [4.69, 9.17) is 51.5 Å². The third kappa shape index (κ3) is 23.3. The Morgan fingerprint density at radius 1 is 0.274 bits per heavy atom. The molecule has 5 aromatic carbocycles. The molecule has 0 radical (unpaired) electrons. The molecule has 146 heavy (non-hydrogen) atoms. The molecule has 30 nitrogen and oxygen atoms in total. The zero-order valence-electron chi connectivity index (χ0n) is 84.1. The van der Waals surface area contributed by atoms with E-state index in [1.165, 1.54) is 21.5 Å². The summed E-state index contributed by atoms with van der Waals surface area (Å²) in [4.78, 5) is 113. The van der Waals surface area contributed by atoms with Gasteiger partial charge in [0.05, 0.1) is 74.4 Å². The molecule has 10 aliphatic rings. The smallest absolute Gasteiger partial charge is 0.150 e. The first-order chi connectivity index (χ1) is 71.4. The van der Waals surface area contributed by atoms with Crippen molar-refractivity contribution in [1.82, 2.24) is 80.1 Å². The van der Waals surface area contributed by atoms with E-state index < -0.39 is 0 Å². The predicted octanol–water partition coefficient (Wildman–Crippen LogP) is 17.0. The molecular weight excluding hydrogens is 1850 g/mol. The maximum atomic E-state index is 11.7. The van der Waals surface area contributed by atoms with Crippen molar-refractivity contribution in [2.24, 2.45) is 29.6 Å². The first-order valence-electron chi connectivity index (χ1n) is 52.4. The molecule has 0 bridgehead atoms. The SMILES string of the molecule is CC(=O)C1CCN(c2nccnc2C2CN(c3ccc4ccccc4n3)C2)CC1.CC(=O)C1CCNCC1.CC(O)C1CCN(c2nccnc2C2CN(c3ccc4ccccc4n3)C2)CC1.C[C@@H](O)C1CCN(c2nccnc2C2CN(c3ccc4ccccc4n3)C2)CC1.C[C@H](O)C1CCN(c2nccnc2C2CN(c3ccc4ccccc4n3)C2)CC1.Clc1nccnc1C1CN(c2ccc3ccccc3n2)C1. The summed E-state index contributed by atoms with van der Waals surface area (Å²) in [7, 11) is 0. The van der Waals surface area contributed by atoms with Crippen molar-refractivity contribution in [3.63, 3.8) is 0 Å². The molecule has 1 unspecified atom stereocenters. The summed E-state index contributed by atoms with van der Waals surface area (Å²) < 4.78 is 0. The number of benzene rings is 5. The number of pyridine rings is 5. The van der Waals surface area contributed by atoms with Gasteiger partial charge in [0, 0.05) is 248 Å². The van der Waals surface area contributed by atoms with Crippen LogP contribution in [-0.2, 0) is 9.59 Å². The quantitative estimate of drug-likeness (QED) is 0.0584. The molecule has 31 heteroatoms. The van der Waals surface area contributed by atoms with Gasteiger partial charge in [-0.15, -0.1) is 0 Å². The van der Waals surface area contributed by atoms with Crippen LogP contribution in [0.5, 0.6) is 0 Å². The van der Waals surface area contributed by atoms with Crippen molar-refractivity contribution in [3.05, 3.63) is 278 Å². The summed E-state index contributed by atoms with van der Waals surface area (Å²) in [5.74, 6) is 13.4. The van der Waals surface area contributed by atoms with E-state index in [1.807, 2.05) is 87.5 Å². The third-order valence-electron chi connectivity index (χ3n) is 31.2. The van der Waals surface area contributed by atoms with Gasteiger partial charge in [0.25, 0.3) is 0 Å². The van der Waals surface area contributed by atoms with E-state index in [-0.39, 0.29) is 24.2 Å². The van der Waals surface area contributed by atoms with E-state index in [1.54, 1.807) is 75.8 Å². The lowest BCUT2D eigenvalue weighted by molar-refractivity contribution is -0.122. The molecule has 3 atom stereocenters. The monoisotopic (exact) mass is 1980 g/mol. The van der Waals surface area contributed by atoms with Crippen LogP contribution in [0.2, 0.25) is 5.15 Å². The molecule has 15 aromatic rings. The molecule has 754 valence electrons. The van der Waals surface area contributed by atoms with Crippen LogP contribution in [0.3, 0.4) is 0 Å². The maximum Gasteiger partial charge on any atom is 0.150 e. The lowest BCUT2D eigenvalue weighted by Crippen LogP contribution is -2.47. The number of ketones is 2. The van der Waals surface area contributed by atoms with Gasteiger partial charge >= 0.3 is 0 Å². The second-order valence-corrected chi connectivity index (χ2v) is 41.2. The van der Waals surface area contributed by atoms with Crippen LogP contribution in [0.4, 0.5) is 52.4 Å². The minimum atomic E-state index is -0.229. The normalized spacial score (nSPS) is 18.7. The molecule has 0 saturated carbocycles. The Morgan fingerprint density at radius 2 is 0.486 bits per heavy atom. The highest BCUT2D eigenvalue weighted by Gasteiger charge is 2.41. The maximum absolute atomic E-state index is 11.7. The number of anilines is 9. The highest BCUT2D eigenvalue weighted by molar-refractivity contribution is 6.30. The van der Waals surface area contributed by atoms with Gasteiger partial charge < -0.3 is 64.7 Å². The standard InChI is InChI=1S/3C23H27N5O.C23H25N5O.C16H13ClN4.C7H13NO/c4*1-16(29)17-8-12-27(13-9-17)23-22(24-10-11-25-23)19-14-28(15-19)21-7-6-18-4-2-3-5-20(18)26-21;17-16-15(18-7-8-19-16)12-9-21(10-12)14-6-5-11-3-1-2-4-13(11)20-14;1-6(9)7-2-4-8-5-3-7/h3*2-7,10-11,16-17,19,29H,8-9,12-15H2,1H3;2-7,10-11,17,19H,8-9,12-15H2,1H3;1-8,12H,9-10H2;7-8H,2-5H2,1H3/t2*16-;;;;/m10..../s1. The zero-order chi connectivity index (χ0) is 100. The molecule has 10 aromatic heterocycles. The number of carbonyl (C=O) groups excluding carboxylic acids is 2. The second kappa shape index (κ2) is 46.3. The number of rotatable bonds is 19. The number of nitrogens with one attached hydrogen (secondary N) is 1. The van der Waals surface area contributed by atoms with Crippen molar-refractivity contribution < 1.29 is 24.9 Å². The van der Waals surface area contributed by atoms with Gasteiger partial charge in [0.1, 0.15) is 40.7 Å². The lowest BCUT2D eigenvalue weighted by Gasteiger charge is -2.42. The number of aromatic nitrogens is 15. The summed E-state index contributed by atoms with van der Waals surface area (Å²) in [6.07, 6.45) is 26.9. The largest absolute Gasteiger partial charge is 0.393 e. The summed E-state index contributed by atoms with van der Waals surface area (Å²) in [5, 5.41) is 39.2. The Bertz CT molecular complexity index is 6560. The van der Waals surface area contributed by atoms with Crippen LogP contribution in [0.25, 0.3) is 54.5 Å². The van der Waals surface area contributed by atoms with E-state index >= 15 is 0 Å². The number of aliphatic hydroxyl groups excluding tert-OH is 3. The van der Waals surface area contributed by atoms with Gasteiger partial charge in [-0.1, -0.05) is 103 Å². The first kappa shape index (κ1) is 99.6. The summed E-state index contributed by atoms with van der Waals surface area (Å²) >= 11 is 6.10. The van der Waals surface area contributed by atoms with Gasteiger partial charge in [-0.3, -0.25) is 34.5 Å². The predicted molar refractivity (Wildman–Crippen MR) is 580 cm³/mol. The molecular formula is C115H132ClN25O5. The van der Waals surface area contributed by atoms with Gasteiger partial charge in [-0.2, -0.15) is 0 Å². The van der Waals surface area contributed by atoms with Crippen LogP contribution >= 0.6 is 11.6 Å². The number of halogens is 1. The topological polar surface area (TPSA) is 329 Å². The number of hydrogen-bond donors (Lipinski definition) is 4. The van der Waals surface area contributed by atoms with Crippen LogP contribution in [0, 0.1) is 29.6 Å². The summed E-state index contributed by atoms with van der Waals surface area (Å²) in [6.45, 7) is 27.6. The Kier molecular flexibility index (Phi) is 31.6. The Labute approximate surface area is 858 Å². The van der Waals surface area contributed by atoms with E-state index in [9.17, 15) is 24.9 Å². The minimum absolute atomic E-state index is 0.199. The average molecular weight is 1980 g/mol. The Morgan fingerprint density at radius 3 is 0.719 bits per heavy atom. The molecule has 0 aliphatic carbocycles. The van der Waals surface area contributed by atoms with E-state index in [0.29, 0.717) is 70.0 Å². The number of fused-ring (bicyclic) bond motifs is 5. The number of aliphatic hydroxyl groups is 3. The number of para-hydroxylation sites is 5. The number of hydrogen-bond acceptors (Lipinski definition) is 30. The van der Waals surface area contributed by atoms with Gasteiger partial charge in [0.15, 0.2) is 28.4 Å². The van der Waals surface area contributed by atoms with Crippen LogP contribution < -0.4 is 49.4 Å². The van der Waals surface area contributed by atoms with Crippen LogP contribution in [0.1, 0.15) is 157 Å². The van der Waals surface area contributed by atoms with E-state index in [0.717, 1.165) is 309 Å². The average Bonchev–Trinajstić information content (AvgIpc) is 0.788. The van der Waals surface area contributed by atoms with Gasteiger partial charge in [0.2, 0.25) is 0 Å². The van der Waals surface area contributed by atoms with Crippen molar-refractivity contribution in [1.29, 1.82) is 0 Å². The van der Waals surface area contributed by atoms with Crippen LogP contribution in [-0.4, -0.2) is 251 Å². The summed E-state index contributed by atoms with van der Waals surface area (Å²) in [6, 6.07) is 62.2. The van der Waals surface area contributed by atoms with Gasteiger partial charge in [-0.05, 0) is 221 Å². The Balaban J connectivity index is 0.000000109. The molecule has 25 rings (SSSR count). The molecule has 0 amide bonds. The highest BCUT2D eigenvalue weighted by Crippen LogP contribution is 2.43. The fourth-order valence-corrected chi connectivity index (χ4v) is 22.2. The lowest BCUT2D eigenvalue weighted by atomic mass is 9.91. The van der Waals surface area contributed by atoms with Crippen molar-refractivity contribution >= 4 is 130 Å². The summed E-state index contributed by atoms with van der Waals surface area (Å²) in [5.41, 5.74) is 10.4. The number of nitrogens with zero attached hydrogens (tertiary/aromatic N) is 24. The molecule has 20 heterocycles. The minimum Gasteiger partial charge on any atom is -0.393 e. The number of carbonyl (C=O) groups is 2. The fourth-order valence-electron chi connectivity index (χ4n) is 22.0. The van der Waals surface area contributed by atoms with Gasteiger partial charge in [-0.25, -0.2) is 49.8 Å². The first-order valence-corrected chi connectivity index (χ1v) is 52.7. The molecule has 10 aliphatic heterocycles. The third-order valence-corrected chi connectivity index (χ3v) is 31.5. The Hall–Kier alpha value is -13.8. The van der Waals surface area contributed by atoms with Crippen molar-refractivity contribution in [2.75, 3.05) is 175 Å². The molecule has 4 N–H and O–H groups in total. The molecule has 0 spiro atoms. The molecule has 10 saturated heterocycles. The highest BCUT2D eigenvalue weighted by atomic mass is 35.5. The second-order valence-electron chi connectivity index (χ2n) is 40.8. The van der Waals surface area contributed by atoms with Crippen molar-refractivity contribution in [3.8, 4) is 0 Å². The fraction of sp³-hybridized carbons (Fsp3) is 0.417. The van der Waals surface area contributed by atoms with E-state index in [2.05, 4.69) is 200 Å². The van der Waals surface area contributed by atoms with Crippen molar-refractivity contribution in [2.45, 2.75) is 147 Å².